The van der Waals surface area contributed by atoms with Crippen molar-refractivity contribution >= 4 is 17.5 Å². The molecule has 2 aromatic rings. The highest BCUT2D eigenvalue weighted by molar-refractivity contribution is 7.04. The minimum Gasteiger partial charge on any atom is -0.494 e. The van der Waals surface area contributed by atoms with E-state index in [1.807, 2.05) is 12.1 Å². The number of carbonyl (C=O) groups is 1. The van der Waals surface area contributed by atoms with Crippen LogP contribution in [0.3, 0.4) is 0 Å². The predicted molar refractivity (Wildman–Crippen MR) is 69.8 cm³/mol. The molecule has 1 heterocycles. The molecule has 0 amide bonds. The van der Waals surface area contributed by atoms with Gasteiger partial charge in [-0.05, 0) is 30.6 Å². The van der Waals surface area contributed by atoms with Crippen molar-refractivity contribution in [2.24, 2.45) is 0 Å². The van der Waals surface area contributed by atoms with Crippen LogP contribution in [0.1, 0.15) is 17.4 Å². The summed E-state index contributed by atoms with van der Waals surface area (Å²) in [6, 6.07) is 7.26. The van der Waals surface area contributed by atoms with E-state index in [9.17, 15) is 4.79 Å². The minimum atomic E-state index is -0.586. The molecule has 1 aromatic heterocycles. The van der Waals surface area contributed by atoms with Crippen LogP contribution in [-0.4, -0.2) is 28.9 Å². The summed E-state index contributed by atoms with van der Waals surface area (Å²) in [6.45, 7) is 1.96. The summed E-state index contributed by atoms with van der Waals surface area (Å²) in [6.07, 6.45) is 0. The molecule has 1 N–H and O–H groups in total. The average Bonchev–Trinajstić information content (AvgIpc) is 2.81. The molecule has 0 saturated carbocycles. The van der Waals surface area contributed by atoms with Crippen LogP contribution >= 0.6 is 11.5 Å². The molecule has 0 unspecified atom stereocenters. The fourth-order valence-corrected chi connectivity index (χ4v) is 2.27. The molecule has 0 fully saturated rings. The van der Waals surface area contributed by atoms with Gasteiger partial charge in [0.2, 0.25) is 5.69 Å². The Hall–Kier alpha value is -2.15. The zero-order valence-electron chi connectivity index (χ0n) is 10.5. The number of nitrogens with one attached hydrogen (secondary N) is 1. The number of hydrogen-bond donors (Lipinski definition) is 1. The standard InChI is InChI=1S/C12H13N3O3S/c1-3-18-12(16)10-11(13)19-15(14-10)8-6-4-5-7-9(8)17-2/h4-7,13H,3H2,1-2H3. The first-order valence-corrected chi connectivity index (χ1v) is 6.40. The number of aromatic nitrogens is 2. The monoisotopic (exact) mass is 279 g/mol. The van der Waals surface area contributed by atoms with Gasteiger partial charge in [-0.2, -0.15) is 4.07 Å². The second kappa shape index (κ2) is 5.66. The summed E-state index contributed by atoms with van der Waals surface area (Å²) in [5, 5.41) is 11.9. The summed E-state index contributed by atoms with van der Waals surface area (Å²) in [5.41, 5.74) is 0.691. The smallest absolute Gasteiger partial charge is 0.362 e. The van der Waals surface area contributed by atoms with Crippen LogP contribution in [0.5, 0.6) is 5.75 Å². The van der Waals surface area contributed by atoms with E-state index in [-0.39, 0.29) is 17.0 Å². The van der Waals surface area contributed by atoms with Gasteiger partial charge in [0.1, 0.15) is 11.4 Å². The second-order valence-electron chi connectivity index (χ2n) is 3.53. The number of methoxy groups -OCH3 is 1. The van der Waals surface area contributed by atoms with Crippen LogP contribution in [0.4, 0.5) is 0 Å². The Balaban J connectivity index is 2.45. The van der Waals surface area contributed by atoms with Crippen LogP contribution in [0.15, 0.2) is 24.3 Å². The molecule has 0 bridgehead atoms. The number of benzene rings is 1. The van der Waals surface area contributed by atoms with Gasteiger partial charge in [-0.25, -0.2) is 4.79 Å². The quantitative estimate of drug-likeness (QED) is 0.862. The van der Waals surface area contributed by atoms with Crippen molar-refractivity contribution in [2.75, 3.05) is 13.7 Å². The van der Waals surface area contributed by atoms with E-state index in [2.05, 4.69) is 5.10 Å². The zero-order valence-corrected chi connectivity index (χ0v) is 11.4. The lowest BCUT2D eigenvalue weighted by molar-refractivity contribution is 0.0517. The average molecular weight is 279 g/mol. The van der Waals surface area contributed by atoms with E-state index < -0.39 is 5.97 Å². The molecule has 0 aliphatic carbocycles. The molecule has 0 saturated heterocycles. The number of para-hydroxylation sites is 2. The maximum absolute atomic E-state index is 11.6. The molecule has 100 valence electrons. The predicted octanol–water partition coefficient (Wildman–Crippen LogP) is 1.60. The van der Waals surface area contributed by atoms with E-state index in [1.54, 1.807) is 26.2 Å². The molecule has 0 spiro atoms. The number of hydrogen-bond acceptors (Lipinski definition) is 6. The first-order chi connectivity index (χ1) is 9.17. The summed E-state index contributed by atoms with van der Waals surface area (Å²) in [7, 11) is 1.56. The Morgan fingerprint density at radius 3 is 2.89 bits per heavy atom. The number of esters is 1. The third-order valence-electron chi connectivity index (χ3n) is 2.34. The minimum absolute atomic E-state index is 0.0118. The van der Waals surface area contributed by atoms with Crippen LogP contribution in [0.25, 0.3) is 5.69 Å². The van der Waals surface area contributed by atoms with Crippen molar-refractivity contribution < 1.29 is 14.3 Å². The molecule has 0 radical (unpaired) electrons. The Kier molecular flexibility index (Phi) is 3.96. The zero-order chi connectivity index (χ0) is 13.8. The first-order valence-electron chi connectivity index (χ1n) is 5.63. The van der Waals surface area contributed by atoms with Gasteiger partial charge in [0.15, 0.2) is 4.67 Å². The fraction of sp³-hybridized carbons (Fsp3) is 0.250. The molecular formula is C12H13N3O3S. The number of carbonyl (C=O) groups excluding carboxylic acids is 1. The van der Waals surface area contributed by atoms with Gasteiger partial charge in [0.25, 0.3) is 0 Å². The van der Waals surface area contributed by atoms with Crippen LogP contribution in [-0.2, 0) is 4.74 Å². The van der Waals surface area contributed by atoms with Gasteiger partial charge in [-0.15, -0.1) is 5.10 Å². The van der Waals surface area contributed by atoms with Gasteiger partial charge in [0, 0.05) is 0 Å². The molecule has 19 heavy (non-hydrogen) atoms. The van der Waals surface area contributed by atoms with E-state index in [4.69, 9.17) is 14.9 Å². The SMILES string of the molecule is CCOC(=O)c1nn(-c2ccccc2OC)sc1=N. The Morgan fingerprint density at radius 1 is 1.47 bits per heavy atom. The Labute approximate surface area is 113 Å². The van der Waals surface area contributed by atoms with Gasteiger partial charge in [-0.3, -0.25) is 5.41 Å². The highest BCUT2D eigenvalue weighted by Gasteiger charge is 2.16. The highest BCUT2D eigenvalue weighted by atomic mass is 32.1. The molecule has 2 rings (SSSR count). The van der Waals surface area contributed by atoms with E-state index in [0.29, 0.717) is 11.4 Å². The lowest BCUT2D eigenvalue weighted by Crippen LogP contribution is -2.14. The van der Waals surface area contributed by atoms with Crippen LogP contribution in [0.2, 0.25) is 0 Å². The Bertz CT molecular complexity index is 648. The van der Waals surface area contributed by atoms with Crippen molar-refractivity contribution in [3.8, 4) is 11.4 Å². The maximum atomic E-state index is 11.6. The van der Waals surface area contributed by atoms with Crippen molar-refractivity contribution in [1.29, 1.82) is 5.41 Å². The largest absolute Gasteiger partial charge is 0.494 e. The number of nitrogens with zero attached hydrogens (tertiary/aromatic N) is 2. The third kappa shape index (κ3) is 2.65. The summed E-state index contributed by atoms with van der Waals surface area (Å²) in [4.78, 5) is 11.6. The first kappa shape index (κ1) is 13.3. The van der Waals surface area contributed by atoms with Gasteiger partial charge in [-0.1, -0.05) is 12.1 Å². The second-order valence-corrected chi connectivity index (χ2v) is 4.47. The lowest BCUT2D eigenvalue weighted by Gasteiger charge is -2.06. The lowest BCUT2D eigenvalue weighted by atomic mass is 10.3. The molecule has 0 atom stereocenters. The van der Waals surface area contributed by atoms with Crippen LogP contribution in [0, 0.1) is 5.41 Å². The molecule has 1 aromatic carbocycles. The van der Waals surface area contributed by atoms with E-state index in [0.717, 1.165) is 11.5 Å². The number of ether oxygens (including phenoxy) is 2. The van der Waals surface area contributed by atoms with Gasteiger partial charge >= 0.3 is 5.97 Å². The Morgan fingerprint density at radius 2 is 2.21 bits per heavy atom. The third-order valence-corrected chi connectivity index (χ3v) is 3.17. The summed E-state index contributed by atoms with van der Waals surface area (Å²) < 4.78 is 11.6. The molecule has 0 aliphatic heterocycles. The van der Waals surface area contributed by atoms with Gasteiger partial charge in [0.05, 0.1) is 13.7 Å². The summed E-state index contributed by atoms with van der Waals surface area (Å²) in [5.74, 6) is 0.0362. The van der Waals surface area contributed by atoms with E-state index in [1.165, 1.54) is 4.07 Å². The van der Waals surface area contributed by atoms with E-state index >= 15 is 0 Å². The molecule has 7 heteroatoms. The molecular weight excluding hydrogens is 266 g/mol. The van der Waals surface area contributed by atoms with Gasteiger partial charge < -0.3 is 9.47 Å². The maximum Gasteiger partial charge on any atom is 0.362 e. The fourth-order valence-electron chi connectivity index (χ4n) is 1.51. The molecule has 6 nitrogen and oxygen atoms in total. The topological polar surface area (TPSA) is 77.2 Å². The summed E-state index contributed by atoms with van der Waals surface area (Å²) >= 11 is 1.04. The van der Waals surface area contributed by atoms with Crippen molar-refractivity contribution in [2.45, 2.75) is 6.92 Å². The van der Waals surface area contributed by atoms with Crippen molar-refractivity contribution in [3.63, 3.8) is 0 Å². The highest BCUT2D eigenvalue weighted by Crippen LogP contribution is 2.22. The molecule has 0 aliphatic rings. The van der Waals surface area contributed by atoms with Crippen molar-refractivity contribution in [3.05, 3.63) is 34.6 Å². The number of rotatable bonds is 4. The normalized spacial score (nSPS) is 10.2. The van der Waals surface area contributed by atoms with Crippen molar-refractivity contribution in [1.82, 2.24) is 9.17 Å². The van der Waals surface area contributed by atoms with Crippen LogP contribution < -0.4 is 9.41 Å².